The summed E-state index contributed by atoms with van der Waals surface area (Å²) in [7, 11) is 1.58. The summed E-state index contributed by atoms with van der Waals surface area (Å²) in [5.41, 5.74) is 5.50. The molecule has 0 spiro atoms. The predicted molar refractivity (Wildman–Crippen MR) is 71.9 cm³/mol. The van der Waals surface area contributed by atoms with Crippen LogP contribution in [0.25, 0.3) is 0 Å². The SMILES string of the molecule is COCCOCCOCC(N)c1cccc(C(F)(F)F)c1. The number of alkyl halides is 3. The molecule has 0 bridgehead atoms. The lowest BCUT2D eigenvalue weighted by Crippen LogP contribution is -2.19. The van der Waals surface area contributed by atoms with Gasteiger partial charge in [-0.2, -0.15) is 13.2 Å². The van der Waals surface area contributed by atoms with Gasteiger partial charge in [0.05, 0.1) is 44.6 Å². The molecule has 4 nitrogen and oxygen atoms in total. The molecular formula is C14H20F3NO3. The molecule has 120 valence electrons. The van der Waals surface area contributed by atoms with Gasteiger partial charge in [-0.1, -0.05) is 12.1 Å². The third-order valence-corrected chi connectivity index (χ3v) is 2.74. The van der Waals surface area contributed by atoms with E-state index in [0.29, 0.717) is 32.0 Å². The van der Waals surface area contributed by atoms with Crippen molar-refractivity contribution in [3.05, 3.63) is 35.4 Å². The minimum atomic E-state index is -4.37. The van der Waals surface area contributed by atoms with Crippen molar-refractivity contribution >= 4 is 0 Å². The van der Waals surface area contributed by atoms with E-state index < -0.39 is 17.8 Å². The van der Waals surface area contributed by atoms with Crippen molar-refractivity contribution in [2.45, 2.75) is 12.2 Å². The molecule has 0 saturated heterocycles. The predicted octanol–water partition coefficient (Wildman–Crippen LogP) is 2.38. The second-order valence-corrected chi connectivity index (χ2v) is 4.41. The molecule has 2 N–H and O–H groups in total. The Labute approximate surface area is 122 Å². The van der Waals surface area contributed by atoms with Gasteiger partial charge in [0.2, 0.25) is 0 Å². The number of ether oxygens (including phenoxy) is 3. The van der Waals surface area contributed by atoms with Gasteiger partial charge in [0.25, 0.3) is 0 Å². The molecule has 1 aromatic rings. The number of hydrogen-bond acceptors (Lipinski definition) is 4. The van der Waals surface area contributed by atoms with E-state index in [4.69, 9.17) is 19.9 Å². The summed E-state index contributed by atoms with van der Waals surface area (Å²) in [5.74, 6) is 0. The molecule has 1 aromatic carbocycles. The molecule has 1 unspecified atom stereocenters. The van der Waals surface area contributed by atoms with Gasteiger partial charge < -0.3 is 19.9 Å². The van der Waals surface area contributed by atoms with Crippen LogP contribution in [-0.4, -0.2) is 40.1 Å². The van der Waals surface area contributed by atoms with Crippen LogP contribution < -0.4 is 5.73 Å². The zero-order valence-corrected chi connectivity index (χ0v) is 11.9. The number of rotatable bonds is 9. The van der Waals surface area contributed by atoms with Crippen LogP contribution in [0, 0.1) is 0 Å². The van der Waals surface area contributed by atoms with Gasteiger partial charge >= 0.3 is 6.18 Å². The standard InChI is InChI=1S/C14H20F3NO3/c1-19-5-6-20-7-8-21-10-13(18)11-3-2-4-12(9-11)14(15,16)17/h2-4,9,13H,5-8,10,18H2,1H3. The van der Waals surface area contributed by atoms with Crippen molar-refractivity contribution in [1.82, 2.24) is 0 Å². The van der Waals surface area contributed by atoms with Gasteiger partial charge in [-0.3, -0.25) is 0 Å². The quantitative estimate of drug-likeness (QED) is 0.712. The summed E-state index contributed by atoms with van der Waals surface area (Å²) in [6.07, 6.45) is -4.37. The average Bonchev–Trinajstić information content (AvgIpc) is 2.45. The number of methoxy groups -OCH3 is 1. The van der Waals surface area contributed by atoms with E-state index >= 15 is 0 Å². The average molecular weight is 307 g/mol. The van der Waals surface area contributed by atoms with Crippen LogP contribution in [-0.2, 0) is 20.4 Å². The van der Waals surface area contributed by atoms with Gasteiger partial charge in [0, 0.05) is 7.11 Å². The molecule has 0 aliphatic carbocycles. The van der Waals surface area contributed by atoms with Crippen molar-refractivity contribution < 1.29 is 27.4 Å². The molecule has 7 heteroatoms. The zero-order valence-electron chi connectivity index (χ0n) is 11.9. The molecule has 1 rings (SSSR count). The number of halogens is 3. The fourth-order valence-corrected chi connectivity index (χ4v) is 1.61. The number of nitrogens with two attached hydrogens (primary N) is 1. The monoisotopic (exact) mass is 307 g/mol. The second-order valence-electron chi connectivity index (χ2n) is 4.41. The van der Waals surface area contributed by atoms with Gasteiger partial charge in [0.15, 0.2) is 0 Å². The van der Waals surface area contributed by atoms with Crippen LogP contribution in [0.4, 0.5) is 13.2 Å². The maximum atomic E-state index is 12.6. The molecule has 0 amide bonds. The Morgan fingerprint density at radius 2 is 1.76 bits per heavy atom. The molecule has 0 saturated carbocycles. The lowest BCUT2D eigenvalue weighted by molar-refractivity contribution is -0.137. The third kappa shape index (κ3) is 6.90. The Hall–Kier alpha value is -1.15. The molecule has 0 radical (unpaired) electrons. The van der Waals surface area contributed by atoms with Crippen molar-refractivity contribution in [2.75, 3.05) is 40.1 Å². The lowest BCUT2D eigenvalue weighted by Gasteiger charge is -2.15. The minimum Gasteiger partial charge on any atom is -0.382 e. The van der Waals surface area contributed by atoms with E-state index in [1.165, 1.54) is 6.07 Å². The third-order valence-electron chi connectivity index (χ3n) is 2.74. The maximum Gasteiger partial charge on any atom is 0.416 e. The summed E-state index contributed by atoms with van der Waals surface area (Å²) in [6, 6.07) is 4.35. The molecule has 0 fully saturated rings. The van der Waals surface area contributed by atoms with Crippen LogP contribution in [0.2, 0.25) is 0 Å². The van der Waals surface area contributed by atoms with Crippen LogP contribution in [0.5, 0.6) is 0 Å². The first-order valence-corrected chi connectivity index (χ1v) is 6.52. The summed E-state index contributed by atoms with van der Waals surface area (Å²) in [4.78, 5) is 0. The molecule has 1 atom stereocenters. The molecule has 0 heterocycles. The lowest BCUT2D eigenvalue weighted by atomic mass is 10.1. The number of hydrogen-bond donors (Lipinski definition) is 1. The van der Waals surface area contributed by atoms with Gasteiger partial charge in [0.1, 0.15) is 0 Å². The smallest absolute Gasteiger partial charge is 0.382 e. The van der Waals surface area contributed by atoms with Gasteiger partial charge in [-0.25, -0.2) is 0 Å². The zero-order chi connectivity index (χ0) is 15.7. The second kappa shape index (κ2) is 8.99. The summed E-state index contributed by atoms with van der Waals surface area (Å²) >= 11 is 0. The topological polar surface area (TPSA) is 53.7 Å². The Balaban J connectivity index is 2.34. The molecule has 21 heavy (non-hydrogen) atoms. The van der Waals surface area contributed by atoms with E-state index in [0.717, 1.165) is 12.1 Å². The molecule has 0 aliphatic rings. The highest BCUT2D eigenvalue weighted by Crippen LogP contribution is 2.30. The largest absolute Gasteiger partial charge is 0.416 e. The van der Waals surface area contributed by atoms with E-state index in [1.54, 1.807) is 13.2 Å². The highest BCUT2D eigenvalue weighted by atomic mass is 19.4. The van der Waals surface area contributed by atoms with Gasteiger partial charge in [-0.15, -0.1) is 0 Å². The highest BCUT2D eigenvalue weighted by Gasteiger charge is 2.30. The normalized spacial score (nSPS) is 13.4. The van der Waals surface area contributed by atoms with Crippen LogP contribution in [0.1, 0.15) is 17.2 Å². The van der Waals surface area contributed by atoms with Crippen molar-refractivity contribution in [3.8, 4) is 0 Å². The maximum absolute atomic E-state index is 12.6. The fraction of sp³-hybridized carbons (Fsp3) is 0.571. The van der Waals surface area contributed by atoms with Crippen molar-refractivity contribution in [2.24, 2.45) is 5.73 Å². The van der Waals surface area contributed by atoms with Gasteiger partial charge in [-0.05, 0) is 17.7 Å². The van der Waals surface area contributed by atoms with Crippen LogP contribution in [0.3, 0.4) is 0 Å². The van der Waals surface area contributed by atoms with Crippen molar-refractivity contribution in [1.29, 1.82) is 0 Å². The minimum absolute atomic E-state index is 0.134. The van der Waals surface area contributed by atoms with Crippen LogP contribution >= 0.6 is 0 Å². The Bertz CT molecular complexity index is 413. The molecular weight excluding hydrogens is 287 g/mol. The van der Waals surface area contributed by atoms with E-state index in [1.807, 2.05) is 0 Å². The Morgan fingerprint density at radius 1 is 1.10 bits per heavy atom. The first kappa shape index (κ1) is 17.9. The molecule has 0 aliphatic heterocycles. The van der Waals surface area contributed by atoms with E-state index in [9.17, 15) is 13.2 Å². The van der Waals surface area contributed by atoms with E-state index in [2.05, 4.69) is 0 Å². The van der Waals surface area contributed by atoms with Crippen LogP contribution in [0.15, 0.2) is 24.3 Å². The summed E-state index contributed by atoms with van der Waals surface area (Å²) in [6.45, 7) is 1.83. The Morgan fingerprint density at radius 3 is 2.43 bits per heavy atom. The van der Waals surface area contributed by atoms with E-state index in [-0.39, 0.29) is 6.61 Å². The number of benzene rings is 1. The highest BCUT2D eigenvalue weighted by molar-refractivity contribution is 5.27. The molecule has 0 aromatic heterocycles. The summed E-state index contributed by atoms with van der Waals surface area (Å²) < 4.78 is 53.0. The van der Waals surface area contributed by atoms with Crippen molar-refractivity contribution in [3.63, 3.8) is 0 Å². The first-order chi connectivity index (χ1) is 9.95. The Kier molecular flexibility index (Phi) is 7.66. The summed E-state index contributed by atoms with van der Waals surface area (Å²) in [5, 5.41) is 0. The fourth-order valence-electron chi connectivity index (χ4n) is 1.61. The first-order valence-electron chi connectivity index (χ1n) is 6.52.